The van der Waals surface area contributed by atoms with Crippen molar-refractivity contribution in [1.82, 2.24) is 10.2 Å². The number of fused-ring (bicyclic) bond motifs is 1. The van der Waals surface area contributed by atoms with Crippen LogP contribution in [-0.2, 0) is 15.0 Å². The third-order valence-electron chi connectivity index (χ3n) is 4.63. The van der Waals surface area contributed by atoms with Gasteiger partial charge in [-0.05, 0) is 12.1 Å². The molecule has 1 aromatic carbocycles. The number of nitrogens with zero attached hydrogens (tertiary/aromatic N) is 3. The van der Waals surface area contributed by atoms with Crippen LogP contribution in [0.3, 0.4) is 0 Å². The number of rotatable bonds is 3. The summed E-state index contributed by atoms with van der Waals surface area (Å²) in [6.45, 7) is 7.43. The van der Waals surface area contributed by atoms with Crippen molar-refractivity contribution in [2.75, 3.05) is 30.0 Å². The van der Waals surface area contributed by atoms with E-state index in [0.29, 0.717) is 42.1 Å². The highest BCUT2D eigenvalue weighted by Gasteiger charge is 2.36. The summed E-state index contributed by atoms with van der Waals surface area (Å²) in [7, 11) is 0. The lowest BCUT2D eigenvalue weighted by Gasteiger charge is -2.22. The van der Waals surface area contributed by atoms with Crippen LogP contribution in [0.15, 0.2) is 18.2 Å². The van der Waals surface area contributed by atoms with Gasteiger partial charge in [0.2, 0.25) is 16.9 Å². The summed E-state index contributed by atoms with van der Waals surface area (Å²) in [4.78, 5) is 26.7. The van der Waals surface area contributed by atoms with E-state index < -0.39 is 5.92 Å². The average Bonchev–Trinajstić information content (AvgIpc) is 3.28. The Labute approximate surface area is 166 Å². The van der Waals surface area contributed by atoms with Crippen molar-refractivity contribution in [2.24, 2.45) is 5.92 Å². The number of amides is 2. The molecule has 0 radical (unpaired) electrons. The number of anilines is 2. The van der Waals surface area contributed by atoms with Crippen molar-refractivity contribution in [2.45, 2.75) is 32.6 Å². The molecule has 2 aliphatic rings. The molecule has 1 unspecified atom stereocenters. The first-order valence-corrected chi connectivity index (χ1v) is 9.98. The van der Waals surface area contributed by atoms with Crippen molar-refractivity contribution >= 4 is 34.0 Å². The van der Waals surface area contributed by atoms with E-state index >= 15 is 0 Å². The molecule has 1 atom stereocenters. The molecule has 1 fully saturated rings. The molecule has 2 aliphatic heterocycles. The molecule has 28 heavy (non-hydrogen) atoms. The van der Waals surface area contributed by atoms with E-state index in [2.05, 4.69) is 15.5 Å². The highest BCUT2D eigenvalue weighted by molar-refractivity contribution is 7.15. The summed E-state index contributed by atoms with van der Waals surface area (Å²) in [6.07, 6.45) is 0.158. The van der Waals surface area contributed by atoms with Crippen LogP contribution in [0.5, 0.6) is 11.5 Å². The normalized spacial score (nSPS) is 19.0. The SMILES string of the molecule is CC(C)(C)c1nnc(NC(=O)C2CC(=O)N(c3ccc4c(c3)OCCO4)C2)s1. The van der Waals surface area contributed by atoms with Crippen LogP contribution in [0.4, 0.5) is 10.8 Å². The van der Waals surface area contributed by atoms with Gasteiger partial charge in [-0.2, -0.15) is 0 Å². The van der Waals surface area contributed by atoms with Gasteiger partial charge in [0.25, 0.3) is 0 Å². The zero-order valence-electron chi connectivity index (χ0n) is 16.0. The molecule has 1 saturated heterocycles. The van der Waals surface area contributed by atoms with Crippen molar-refractivity contribution in [3.8, 4) is 11.5 Å². The molecule has 0 saturated carbocycles. The number of hydrogen-bond acceptors (Lipinski definition) is 7. The number of benzene rings is 1. The predicted octanol–water partition coefficient (Wildman–Crippen LogP) is 2.60. The Morgan fingerprint density at radius 3 is 2.68 bits per heavy atom. The fraction of sp³-hybridized carbons (Fsp3) is 0.474. The lowest BCUT2D eigenvalue weighted by molar-refractivity contribution is -0.122. The van der Waals surface area contributed by atoms with Crippen LogP contribution in [-0.4, -0.2) is 41.8 Å². The molecule has 148 valence electrons. The summed E-state index contributed by atoms with van der Waals surface area (Å²) in [5, 5.41) is 12.3. The lowest BCUT2D eigenvalue weighted by atomic mass is 9.98. The molecule has 0 aliphatic carbocycles. The monoisotopic (exact) mass is 402 g/mol. The Balaban J connectivity index is 1.44. The molecule has 2 aromatic rings. The molecule has 1 aromatic heterocycles. The number of hydrogen-bond donors (Lipinski definition) is 1. The van der Waals surface area contributed by atoms with E-state index in [1.54, 1.807) is 17.0 Å². The van der Waals surface area contributed by atoms with E-state index in [1.165, 1.54) is 11.3 Å². The van der Waals surface area contributed by atoms with E-state index in [9.17, 15) is 9.59 Å². The number of ether oxygens (including phenoxy) is 2. The Bertz CT molecular complexity index is 921. The molecule has 4 rings (SSSR count). The maximum absolute atomic E-state index is 12.6. The molecule has 9 heteroatoms. The second kappa shape index (κ2) is 7.05. The van der Waals surface area contributed by atoms with Gasteiger partial charge in [-0.1, -0.05) is 32.1 Å². The van der Waals surface area contributed by atoms with Gasteiger partial charge in [-0.15, -0.1) is 10.2 Å². The van der Waals surface area contributed by atoms with Gasteiger partial charge in [-0.25, -0.2) is 0 Å². The fourth-order valence-corrected chi connectivity index (χ4v) is 3.92. The van der Waals surface area contributed by atoms with E-state index in [0.717, 1.165) is 5.01 Å². The van der Waals surface area contributed by atoms with Crippen molar-refractivity contribution in [3.63, 3.8) is 0 Å². The summed E-state index contributed by atoms with van der Waals surface area (Å²) in [5.74, 6) is 0.534. The third-order valence-corrected chi connectivity index (χ3v) is 5.89. The molecule has 3 heterocycles. The average molecular weight is 402 g/mol. The maximum Gasteiger partial charge on any atom is 0.231 e. The Kier molecular flexibility index (Phi) is 4.70. The highest BCUT2D eigenvalue weighted by atomic mass is 32.1. The second-order valence-corrected chi connectivity index (χ2v) is 8.86. The van der Waals surface area contributed by atoms with Crippen molar-refractivity contribution in [1.29, 1.82) is 0 Å². The Morgan fingerprint density at radius 1 is 1.21 bits per heavy atom. The topological polar surface area (TPSA) is 93.7 Å². The van der Waals surface area contributed by atoms with Gasteiger partial charge in [-0.3, -0.25) is 9.59 Å². The van der Waals surface area contributed by atoms with Gasteiger partial charge in [0.05, 0.1) is 5.92 Å². The minimum absolute atomic E-state index is 0.0931. The van der Waals surface area contributed by atoms with Gasteiger partial charge < -0.3 is 19.7 Å². The smallest absolute Gasteiger partial charge is 0.231 e. The molecule has 2 amide bonds. The first-order chi connectivity index (χ1) is 13.3. The van der Waals surface area contributed by atoms with Crippen LogP contribution in [0.1, 0.15) is 32.2 Å². The molecule has 8 nitrogen and oxygen atoms in total. The zero-order valence-corrected chi connectivity index (χ0v) is 16.8. The zero-order chi connectivity index (χ0) is 19.9. The predicted molar refractivity (Wildman–Crippen MR) is 105 cm³/mol. The highest BCUT2D eigenvalue weighted by Crippen LogP contribution is 2.36. The van der Waals surface area contributed by atoms with Crippen LogP contribution in [0.2, 0.25) is 0 Å². The summed E-state index contributed by atoms with van der Waals surface area (Å²) < 4.78 is 11.1. The minimum Gasteiger partial charge on any atom is -0.486 e. The molecule has 0 bridgehead atoms. The first kappa shape index (κ1) is 18.7. The van der Waals surface area contributed by atoms with E-state index in [-0.39, 0.29) is 23.7 Å². The van der Waals surface area contributed by atoms with Gasteiger partial charge >= 0.3 is 0 Å². The quantitative estimate of drug-likeness (QED) is 0.848. The minimum atomic E-state index is -0.442. The van der Waals surface area contributed by atoms with E-state index in [4.69, 9.17) is 9.47 Å². The maximum atomic E-state index is 12.6. The molecular formula is C19H22N4O4S. The summed E-state index contributed by atoms with van der Waals surface area (Å²) >= 11 is 1.36. The molecular weight excluding hydrogens is 380 g/mol. The Hall–Kier alpha value is -2.68. The number of nitrogens with one attached hydrogen (secondary N) is 1. The number of carbonyl (C=O) groups excluding carboxylic acids is 2. The third kappa shape index (κ3) is 3.66. The first-order valence-electron chi connectivity index (χ1n) is 9.16. The molecule has 1 N–H and O–H groups in total. The summed E-state index contributed by atoms with van der Waals surface area (Å²) in [5.41, 5.74) is 0.578. The lowest BCUT2D eigenvalue weighted by Crippen LogP contribution is -2.28. The van der Waals surface area contributed by atoms with Gasteiger partial charge in [0, 0.05) is 30.1 Å². The van der Waals surface area contributed by atoms with Crippen molar-refractivity contribution < 1.29 is 19.1 Å². The largest absolute Gasteiger partial charge is 0.486 e. The van der Waals surface area contributed by atoms with Crippen LogP contribution >= 0.6 is 11.3 Å². The number of carbonyl (C=O) groups is 2. The second-order valence-electron chi connectivity index (χ2n) is 7.88. The van der Waals surface area contributed by atoms with Gasteiger partial charge in [0.1, 0.15) is 18.2 Å². The van der Waals surface area contributed by atoms with E-state index in [1.807, 2.05) is 26.8 Å². The number of aromatic nitrogens is 2. The molecule has 0 spiro atoms. The summed E-state index contributed by atoms with van der Waals surface area (Å²) in [6, 6.07) is 5.39. The fourth-order valence-electron chi connectivity index (χ4n) is 3.12. The Morgan fingerprint density at radius 2 is 1.96 bits per heavy atom. The van der Waals surface area contributed by atoms with Crippen molar-refractivity contribution in [3.05, 3.63) is 23.2 Å². The van der Waals surface area contributed by atoms with Crippen LogP contribution < -0.4 is 19.7 Å². The van der Waals surface area contributed by atoms with Crippen LogP contribution in [0, 0.1) is 5.92 Å². The van der Waals surface area contributed by atoms with Crippen LogP contribution in [0.25, 0.3) is 0 Å². The van der Waals surface area contributed by atoms with Gasteiger partial charge in [0.15, 0.2) is 11.5 Å². The standard InChI is InChI=1S/C19H22N4O4S/c1-19(2,3)17-21-22-18(28-17)20-16(25)11-8-15(24)23(10-11)12-4-5-13-14(9-12)27-7-6-26-13/h4-5,9,11H,6-8,10H2,1-3H3,(H,20,22,25).